The van der Waals surface area contributed by atoms with Gasteiger partial charge in [0, 0.05) is 12.6 Å². The van der Waals surface area contributed by atoms with E-state index in [4.69, 9.17) is 11.0 Å². The Morgan fingerprint density at radius 1 is 1.39 bits per heavy atom. The first-order chi connectivity index (χ1) is 8.85. The predicted molar refractivity (Wildman–Crippen MR) is 72.8 cm³/mol. The number of benzene rings is 1. The smallest absolute Gasteiger partial charge is 0.0641 e. The Hall–Kier alpha value is -1.37. The Kier molecular flexibility index (Phi) is 4.74. The summed E-state index contributed by atoms with van der Waals surface area (Å²) in [5, 5.41) is 9.05. The molecule has 1 aliphatic heterocycles. The molecule has 0 saturated carbocycles. The first-order valence-corrected chi connectivity index (χ1v) is 6.71. The third kappa shape index (κ3) is 3.10. The van der Waals surface area contributed by atoms with Crippen LogP contribution in [0.4, 0.5) is 0 Å². The fourth-order valence-corrected chi connectivity index (χ4v) is 2.79. The van der Waals surface area contributed by atoms with Crippen LogP contribution >= 0.6 is 0 Å². The van der Waals surface area contributed by atoms with Gasteiger partial charge < -0.3 is 5.73 Å². The quantitative estimate of drug-likeness (QED) is 0.883. The van der Waals surface area contributed by atoms with E-state index < -0.39 is 0 Å². The lowest BCUT2D eigenvalue weighted by Gasteiger charge is -2.37. The van der Waals surface area contributed by atoms with Crippen LogP contribution in [0, 0.1) is 17.2 Å². The molecule has 1 aliphatic rings. The Labute approximate surface area is 109 Å². The lowest BCUT2D eigenvalue weighted by atomic mass is 9.94. The van der Waals surface area contributed by atoms with Crippen LogP contribution in [-0.4, -0.2) is 24.5 Å². The second-order valence-electron chi connectivity index (χ2n) is 5.03. The molecule has 0 bridgehead atoms. The molecule has 1 aromatic rings. The maximum absolute atomic E-state index is 9.05. The molecule has 0 aliphatic carbocycles. The van der Waals surface area contributed by atoms with Crippen LogP contribution in [0.5, 0.6) is 0 Å². The molecule has 1 fully saturated rings. The molecule has 2 N–H and O–H groups in total. The summed E-state index contributed by atoms with van der Waals surface area (Å²) in [6.45, 7) is 2.86. The highest BCUT2D eigenvalue weighted by Crippen LogP contribution is 2.28. The Balaban J connectivity index is 2.13. The van der Waals surface area contributed by atoms with E-state index in [-0.39, 0.29) is 6.04 Å². The van der Waals surface area contributed by atoms with Gasteiger partial charge in [0.25, 0.3) is 0 Å². The van der Waals surface area contributed by atoms with Crippen molar-refractivity contribution in [3.63, 3.8) is 0 Å². The van der Waals surface area contributed by atoms with Gasteiger partial charge >= 0.3 is 0 Å². The van der Waals surface area contributed by atoms with Gasteiger partial charge in [0.2, 0.25) is 0 Å². The third-order valence-electron chi connectivity index (χ3n) is 3.79. The minimum Gasteiger partial charge on any atom is -0.330 e. The van der Waals surface area contributed by atoms with Crippen LogP contribution in [0.1, 0.15) is 30.9 Å². The molecule has 2 unspecified atom stereocenters. The summed E-state index contributed by atoms with van der Waals surface area (Å²) in [7, 11) is 0. The van der Waals surface area contributed by atoms with Gasteiger partial charge in [-0.15, -0.1) is 0 Å². The number of rotatable bonds is 4. The number of nitriles is 1. The molecule has 1 heterocycles. The number of hydrogen-bond donors (Lipinski definition) is 1. The molecule has 96 valence electrons. The summed E-state index contributed by atoms with van der Waals surface area (Å²) in [5.41, 5.74) is 7.03. The Bertz CT molecular complexity index is 396. The van der Waals surface area contributed by atoms with E-state index in [9.17, 15) is 0 Å². The Morgan fingerprint density at radius 3 is 2.83 bits per heavy atom. The van der Waals surface area contributed by atoms with Gasteiger partial charge in [0.15, 0.2) is 0 Å². The monoisotopic (exact) mass is 243 g/mol. The number of piperidine rings is 1. The van der Waals surface area contributed by atoms with E-state index >= 15 is 0 Å². The summed E-state index contributed by atoms with van der Waals surface area (Å²) >= 11 is 0. The molecule has 0 radical (unpaired) electrons. The van der Waals surface area contributed by atoms with Crippen LogP contribution in [-0.2, 0) is 0 Å². The minimum absolute atomic E-state index is 0.227. The maximum atomic E-state index is 9.05. The third-order valence-corrected chi connectivity index (χ3v) is 3.79. The van der Waals surface area contributed by atoms with Gasteiger partial charge in [-0.2, -0.15) is 5.26 Å². The summed E-state index contributed by atoms with van der Waals surface area (Å²) < 4.78 is 0. The highest BCUT2D eigenvalue weighted by atomic mass is 15.2. The molecule has 2 atom stereocenters. The van der Waals surface area contributed by atoms with Crippen molar-refractivity contribution in [2.75, 3.05) is 19.6 Å². The number of hydrogen-bond acceptors (Lipinski definition) is 3. The number of nitrogens with two attached hydrogens (primary N) is 1. The fourth-order valence-electron chi connectivity index (χ4n) is 2.79. The normalized spacial score (nSPS) is 22.3. The van der Waals surface area contributed by atoms with Crippen molar-refractivity contribution >= 4 is 0 Å². The average molecular weight is 243 g/mol. The molecule has 3 nitrogen and oxygen atoms in total. The molecule has 1 saturated heterocycles. The van der Waals surface area contributed by atoms with Gasteiger partial charge in [-0.1, -0.05) is 30.3 Å². The topological polar surface area (TPSA) is 53.0 Å². The van der Waals surface area contributed by atoms with Crippen molar-refractivity contribution in [1.29, 1.82) is 5.26 Å². The number of nitrogens with zero attached hydrogens (tertiary/aromatic N) is 2. The maximum Gasteiger partial charge on any atom is 0.0641 e. The zero-order chi connectivity index (χ0) is 12.8. The predicted octanol–water partition coefficient (Wildman–Crippen LogP) is 2.31. The lowest BCUT2D eigenvalue weighted by molar-refractivity contribution is 0.127. The molecule has 0 amide bonds. The molecule has 3 heteroatoms. The van der Waals surface area contributed by atoms with E-state index in [2.05, 4.69) is 23.1 Å². The minimum atomic E-state index is 0.227. The van der Waals surface area contributed by atoms with Gasteiger partial charge in [-0.25, -0.2) is 0 Å². The van der Waals surface area contributed by atoms with Gasteiger partial charge in [-0.3, -0.25) is 4.90 Å². The van der Waals surface area contributed by atoms with Crippen LogP contribution in [0.3, 0.4) is 0 Å². The zero-order valence-electron chi connectivity index (χ0n) is 10.8. The Morgan fingerprint density at radius 2 is 2.17 bits per heavy atom. The standard InChI is InChI=1S/C15H21N3/c16-9-8-15(14-6-2-1-3-7-14)18-10-4-5-13(11-17)12-18/h1-3,6-7,13,15H,4-5,8,10-12,17H2. The van der Waals surface area contributed by atoms with Crippen molar-refractivity contribution in [3.8, 4) is 6.07 Å². The largest absolute Gasteiger partial charge is 0.330 e. The van der Waals surface area contributed by atoms with Crippen molar-refractivity contribution < 1.29 is 0 Å². The van der Waals surface area contributed by atoms with Crippen molar-refractivity contribution in [2.45, 2.75) is 25.3 Å². The summed E-state index contributed by atoms with van der Waals surface area (Å²) in [6.07, 6.45) is 2.97. The average Bonchev–Trinajstić information content (AvgIpc) is 2.46. The van der Waals surface area contributed by atoms with Crippen molar-refractivity contribution in [2.24, 2.45) is 11.7 Å². The first kappa shape index (κ1) is 13.1. The fraction of sp³-hybridized carbons (Fsp3) is 0.533. The molecule has 18 heavy (non-hydrogen) atoms. The summed E-state index contributed by atoms with van der Waals surface area (Å²) in [4.78, 5) is 2.43. The van der Waals surface area contributed by atoms with Crippen LogP contribution in [0.25, 0.3) is 0 Å². The van der Waals surface area contributed by atoms with Crippen LogP contribution in [0.15, 0.2) is 30.3 Å². The highest BCUT2D eigenvalue weighted by Gasteiger charge is 2.25. The molecular formula is C15H21N3. The van der Waals surface area contributed by atoms with E-state index in [0.29, 0.717) is 12.3 Å². The van der Waals surface area contributed by atoms with Gasteiger partial charge in [0.05, 0.1) is 12.5 Å². The van der Waals surface area contributed by atoms with E-state index in [1.54, 1.807) is 0 Å². The van der Waals surface area contributed by atoms with Crippen molar-refractivity contribution in [3.05, 3.63) is 35.9 Å². The SMILES string of the molecule is N#CCC(c1ccccc1)N1CCCC(CN)C1. The van der Waals surface area contributed by atoms with Gasteiger partial charge in [0.1, 0.15) is 0 Å². The summed E-state index contributed by atoms with van der Waals surface area (Å²) in [6, 6.07) is 12.9. The molecule has 1 aromatic carbocycles. The van der Waals surface area contributed by atoms with E-state index in [1.807, 2.05) is 18.2 Å². The van der Waals surface area contributed by atoms with Crippen LogP contribution < -0.4 is 5.73 Å². The van der Waals surface area contributed by atoms with Crippen molar-refractivity contribution in [1.82, 2.24) is 4.90 Å². The van der Waals surface area contributed by atoms with Crippen LogP contribution in [0.2, 0.25) is 0 Å². The molecular weight excluding hydrogens is 222 g/mol. The van der Waals surface area contributed by atoms with Gasteiger partial charge in [-0.05, 0) is 37.4 Å². The molecule has 0 aromatic heterocycles. The second-order valence-corrected chi connectivity index (χ2v) is 5.03. The van der Waals surface area contributed by atoms with E-state index in [0.717, 1.165) is 19.6 Å². The number of likely N-dealkylation sites (tertiary alicyclic amines) is 1. The van der Waals surface area contributed by atoms with E-state index in [1.165, 1.54) is 18.4 Å². The lowest BCUT2D eigenvalue weighted by Crippen LogP contribution is -2.40. The molecule has 0 spiro atoms. The second kappa shape index (κ2) is 6.53. The summed E-state index contributed by atoms with van der Waals surface area (Å²) in [5.74, 6) is 0.587. The molecule has 2 rings (SSSR count). The highest BCUT2D eigenvalue weighted by molar-refractivity contribution is 5.20. The first-order valence-electron chi connectivity index (χ1n) is 6.71. The zero-order valence-corrected chi connectivity index (χ0v) is 10.8.